The Bertz CT molecular complexity index is 2300. The second-order valence-electron chi connectivity index (χ2n) is 9.64. The highest BCUT2D eigenvalue weighted by Crippen LogP contribution is 2.47. The van der Waals surface area contributed by atoms with E-state index in [4.69, 9.17) is 0 Å². The summed E-state index contributed by atoms with van der Waals surface area (Å²) in [6.45, 7) is 0. The number of aryl methyl sites for hydroxylation is 1. The van der Waals surface area contributed by atoms with Gasteiger partial charge in [0.2, 0.25) is 0 Å². The zero-order valence-electron chi connectivity index (χ0n) is 22.8. The van der Waals surface area contributed by atoms with Gasteiger partial charge in [0, 0.05) is 18.1 Å². The van der Waals surface area contributed by atoms with Gasteiger partial charge in [0.15, 0.2) is 25.4 Å². The third kappa shape index (κ3) is 6.74. The van der Waals surface area contributed by atoms with Gasteiger partial charge in [-0.1, -0.05) is 30.3 Å². The lowest BCUT2D eigenvalue weighted by molar-refractivity contribution is 0.455. The molecule has 0 aliphatic rings. The molecule has 0 aliphatic carbocycles. The molecule has 4 N–H and O–H groups in total. The van der Waals surface area contributed by atoms with Crippen LogP contribution in [-0.4, -0.2) is 65.5 Å². The molecule has 0 aliphatic heterocycles. The second kappa shape index (κ2) is 11.5. The molecule has 0 bridgehead atoms. The van der Waals surface area contributed by atoms with E-state index < -0.39 is 82.9 Å². The molecule has 0 unspecified atom stereocenters. The smallest absolute Gasteiger partial charge is 0.296 e. The quantitative estimate of drug-likeness (QED) is 0.146. The highest BCUT2D eigenvalue weighted by Gasteiger charge is 2.28. The van der Waals surface area contributed by atoms with Crippen LogP contribution in [0.5, 0.6) is 11.5 Å². The van der Waals surface area contributed by atoms with Crippen LogP contribution in [0.3, 0.4) is 0 Å². The van der Waals surface area contributed by atoms with E-state index in [2.05, 4.69) is 10.2 Å². The van der Waals surface area contributed by atoms with E-state index in [-0.39, 0.29) is 28.7 Å². The molecule has 4 aromatic rings. The monoisotopic (exact) mass is 684 g/mol. The molecule has 18 heteroatoms. The van der Waals surface area contributed by atoms with Crippen molar-refractivity contribution in [3.8, 4) is 11.5 Å². The van der Waals surface area contributed by atoms with Crippen LogP contribution in [0.15, 0.2) is 90.5 Å². The highest BCUT2D eigenvalue weighted by molar-refractivity contribution is 7.91. The molecule has 0 atom stereocenters. The lowest BCUT2D eigenvalue weighted by atomic mass is 9.98. The number of rotatable bonds is 9. The van der Waals surface area contributed by atoms with E-state index in [0.717, 1.165) is 36.8 Å². The van der Waals surface area contributed by atoms with E-state index in [1.54, 1.807) is 6.07 Å². The first-order valence-corrected chi connectivity index (χ1v) is 18.9. The normalized spacial score (nSPS) is 13.1. The molecule has 0 saturated heterocycles. The van der Waals surface area contributed by atoms with E-state index in [1.165, 1.54) is 30.3 Å². The first kappa shape index (κ1) is 33.0. The predicted octanol–water partition coefficient (Wildman–Crippen LogP) is 3.75. The molecule has 0 spiro atoms. The minimum absolute atomic E-state index is 0.0188. The summed E-state index contributed by atoms with van der Waals surface area (Å²) in [6.07, 6.45) is 1.49. The molecule has 4 aromatic carbocycles. The van der Waals surface area contributed by atoms with Crippen molar-refractivity contribution < 1.29 is 53.0 Å². The fraction of sp³-hybridized carbons (Fsp3) is 0.154. The zero-order valence-corrected chi connectivity index (χ0v) is 26.0. The number of benzene rings is 4. The number of azo groups is 1. The Morgan fingerprint density at radius 3 is 1.70 bits per heavy atom. The van der Waals surface area contributed by atoms with Crippen molar-refractivity contribution in [3.05, 3.63) is 71.8 Å². The topological polar surface area (TPSA) is 242 Å². The molecule has 234 valence electrons. The number of aromatic hydroxyl groups is 2. The van der Waals surface area contributed by atoms with E-state index in [1.807, 2.05) is 0 Å². The van der Waals surface area contributed by atoms with Crippen molar-refractivity contribution in [2.24, 2.45) is 10.2 Å². The Morgan fingerprint density at radius 1 is 0.614 bits per heavy atom. The lowest BCUT2D eigenvalue weighted by Gasteiger charge is -2.17. The van der Waals surface area contributed by atoms with Crippen molar-refractivity contribution in [1.82, 2.24) is 0 Å². The van der Waals surface area contributed by atoms with Crippen LogP contribution in [0, 0.1) is 0 Å². The molecular formula is C26H24N2O12S4. The van der Waals surface area contributed by atoms with Crippen molar-refractivity contribution >= 4 is 62.1 Å². The van der Waals surface area contributed by atoms with Crippen LogP contribution in [0.1, 0.15) is 11.1 Å². The summed E-state index contributed by atoms with van der Waals surface area (Å²) in [5.41, 5.74) is -1.34. The number of hydrogen-bond donors (Lipinski definition) is 4. The Morgan fingerprint density at radius 2 is 1.14 bits per heavy atom. The van der Waals surface area contributed by atoms with Gasteiger partial charge in [-0.15, -0.1) is 10.2 Å². The van der Waals surface area contributed by atoms with Crippen molar-refractivity contribution in [3.63, 3.8) is 0 Å². The van der Waals surface area contributed by atoms with E-state index in [9.17, 15) is 53.0 Å². The van der Waals surface area contributed by atoms with Crippen LogP contribution >= 0.6 is 0 Å². The number of sulfone groups is 2. The average molecular weight is 685 g/mol. The highest BCUT2D eigenvalue weighted by atomic mass is 32.2. The maximum Gasteiger partial charge on any atom is 0.296 e. The van der Waals surface area contributed by atoms with Crippen LogP contribution in [-0.2, 0) is 52.8 Å². The minimum atomic E-state index is -5.20. The Labute approximate surface area is 252 Å². The number of fused-ring (bicyclic) bond motifs is 1. The van der Waals surface area contributed by atoms with Gasteiger partial charge in [0.05, 0.1) is 15.2 Å². The van der Waals surface area contributed by atoms with Gasteiger partial charge in [-0.05, 0) is 54.1 Å². The van der Waals surface area contributed by atoms with Gasteiger partial charge in [0.1, 0.15) is 26.9 Å². The maximum absolute atomic E-state index is 12.8. The molecule has 4 rings (SSSR count). The molecule has 0 aromatic heterocycles. The minimum Gasteiger partial charge on any atom is -0.507 e. The second-order valence-corrected chi connectivity index (χ2v) is 16.4. The van der Waals surface area contributed by atoms with Gasteiger partial charge < -0.3 is 10.2 Å². The van der Waals surface area contributed by atoms with E-state index in [0.29, 0.717) is 5.56 Å². The SMILES string of the molecule is CS(=O)(=O)c1ccccc1CCc1c(S(C)(=O)=O)cc2cc(S(=O)(=O)O)c(N=Nc3ccccc3S(=O)(=O)O)c(O)c2c1O. The number of phenolic OH excluding ortho intramolecular Hbond substituents is 2. The first-order chi connectivity index (χ1) is 20.2. The lowest BCUT2D eigenvalue weighted by Crippen LogP contribution is -2.08. The standard InChI is InChI=1S/C26H24N2O12S4/c1-41(31,32)19-9-5-3-7-15(19)11-12-17-21(42(2,33)34)13-16-14-22(44(38,39)40)24(26(30)23(16)25(17)29)28-27-18-8-4-6-10-20(18)43(35,36)37/h3-10,13-14,29-30H,11-12H2,1-2H3,(H,35,36,37)(H,38,39,40). The number of nitrogens with zero attached hydrogens (tertiary/aromatic N) is 2. The Kier molecular flexibility index (Phi) is 8.64. The summed E-state index contributed by atoms with van der Waals surface area (Å²) in [5.74, 6) is -1.88. The maximum atomic E-state index is 12.8. The third-order valence-electron chi connectivity index (χ3n) is 6.47. The zero-order chi connectivity index (χ0) is 32.8. The molecule has 0 saturated carbocycles. The number of hydrogen-bond acceptors (Lipinski definition) is 12. The predicted molar refractivity (Wildman–Crippen MR) is 158 cm³/mol. The van der Waals surface area contributed by atoms with Gasteiger partial charge in [0.25, 0.3) is 20.2 Å². The first-order valence-electron chi connectivity index (χ1n) is 12.2. The molecule has 0 fully saturated rings. The summed E-state index contributed by atoms with van der Waals surface area (Å²) in [6, 6.07) is 12.3. The van der Waals surface area contributed by atoms with Crippen LogP contribution in [0.2, 0.25) is 0 Å². The van der Waals surface area contributed by atoms with Gasteiger partial charge >= 0.3 is 0 Å². The van der Waals surface area contributed by atoms with Crippen molar-refractivity contribution in [2.75, 3.05) is 12.5 Å². The Balaban J connectivity index is 2.00. The summed E-state index contributed by atoms with van der Waals surface area (Å²) in [4.78, 5) is -2.26. The molecular weight excluding hydrogens is 661 g/mol. The summed E-state index contributed by atoms with van der Waals surface area (Å²) in [7, 11) is -17.8. The Hall–Kier alpha value is -3.94. The van der Waals surface area contributed by atoms with Crippen molar-refractivity contribution in [2.45, 2.75) is 32.4 Å². The van der Waals surface area contributed by atoms with Gasteiger partial charge in [-0.3, -0.25) is 9.11 Å². The summed E-state index contributed by atoms with van der Waals surface area (Å²) < 4.78 is 117. The van der Waals surface area contributed by atoms with Gasteiger partial charge in [-0.25, -0.2) is 16.8 Å². The average Bonchev–Trinajstić information content (AvgIpc) is 2.89. The largest absolute Gasteiger partial charge is 0.507 e. The molecule has 14 nitrogen and oxygen atoms in total. The molecule has 0 amide bonds. The summed E-state index contributed by atoms with van der Waals surface area (Å²) in [5, 5.41) is 28.8. The fourth-order valence-corrected chi connectivity index (χ4v) is 7.81. The van der Waals surface area contributed by atoms with Gasteiger partial charge in [-0.2, -0.15) is 16.8 Å². The van der Waals surface area contributed by atoms with E-state index >= 15 is 0 Å². The molecule has 44 heavy (non-hydrogen) atoms. The van der Waals surface area contributed by atoms with Crippen LogP contribution in [0.25, 0.3) is 10.8 Å². The molecule has 0 radical (unpaired) electrons. The molecule has 0 heterocycles. The fourth-order valence-electron chi connectivity index (χ4n) is 4.57. The number of phenols is 2. The van der Waals surface area contributed by atoms with Crippen LogP contribution < -0.4 is 0 Å². The van der Waals surface area contributed by atoms with Crippen LogP contribution in [0.4, 0.5) is 11.4 Å². The third-order valence-corrected chi connectivity index (χ3v) is 10.6. The summed E-state index contributed by atoms with van der Waals surface area (Å²) >= 11 is 0. The van der Waals surface area contributed by atoms with Crippen molar-refractivity contribution in [1.29, 1.82) is 0 Å².